The van der Waals surface area contributed by atoms with Gasteiger partial charge in [0.1, 0.15) is 0 Å². The molecule has 0 aromatic carbocycles. The summed E-state index contributed by atoms with van der Waals surface area (Å²) in [5.74, 6) is 0.129. The maximum Gasteiger partial charge on any atom is 0.178 e. The highest BCUT2D eigenvalue weighted by Gasteiger charge is 2.08. The van der Waals surface area contributed by atoms with Crippen molar-refractivity contribution >= 4 is 45.3 Å². The van der Waals surface area contributed by atoms with Gasteiger partial charge in [-0.1, -0.05) is 18.3 Å². The van der Waals surface area contributed by atoms with Crippen LogP contribution in [0.1, 0.15) is 16.1 Å². The van der Waals surface area contributed by atoms with Crippen molar-refractivity contribution in [3.8, 4) is 0 Å². The molecule has 0 fully saturated rings. The van der Waals surface area contributed by atoms with Gasteiger partial charge in [0.15, 0.2) is 5.78 Å². The Morgan fingerprint density at radius 2 is 2.50 bits per heavy atom. The molecule has 0 aliphatic heterocycles. The van der Waals surface area contributed by atoms with Crippen molar-refractivity contribution in [1.29, 1.82) is 0 Å². The fourth-order valence-corrected chi connectivity index (χ4v) is 1.80. The monoisotopic (exact) mass is 216 g/mol. The van der Waals surface area contributed by atoms with Crippen molar-refractivity contribution in [2.75, 3.05) is 6.26 Å². The predicted molar refractivity (Wildman–Crippen MR) is 59.4 cm³/mol. The molecule has 0 bridgehead atoms. The van der Waals surface area contributed by atoms with Crippen molar-refractivity contribution in [3.63, 3.8) is 0 Å². The van der Waals surface area contributed by atoms with Gasteiger partial charge in [-0.25, -0.2) is 0 Å². The summed E-state index contributed by atoms with van der Waals surface area (Å²) in [6.07, 6.45) is 2.28. The number of thiocarbonyl (C=S) groups is 1. The molecule has 0 unspecified atom stereocenters. The molecule has 1 heterocycles. The van der Waals surface area contributed by atoms with Gasteiger partial charge < -0.3 is 0 Å². The fourth-order valence-electron chi connectivity index (χ4n) is 0.728. The average Bonchev–Trinajstić information content (AvgIpc) is 2.56. The highest BCUT2D eigenvalue weighted by Crippen LogP contribution is 2.14. The topological polar surface area (TPSA) is 17.1 Å². The molecule has 1 rings (SSSR count). The van der Waals surface area contributed by atoms with E-state index in [2.05, 4.69) is 0 Å². The summed E-state index contributed by atoms with van der Waals surface area (Å²) in [5.41, 5.74) is 0. The quantitative estimate of drug-likeness (QED) is 0.571. The Bertz CT molecular complexity index is 277. The molecule has 0 amide bonds. The number of hydrogen-bond donors (Lipinski definition) is 0. The maximum absolute atomic E-state index is 11.4. The fraction of sp³-hybridized carbons (Fsp3) is 0.250. The van der Waals surface area contributed by atoms with Crippen LogP contribution in [0.25, 0.3) is 0 Å². The minimum absolute atomic E-state index is 0.129. The molecule has 12 heavy (non-hydrogen) atoms. The average molecular weight is 216 g/mol. The molecule has 1 nitrogen and oxygen atoms in total. The van der Waals surface area contributed by atoms with Crippen molar-refractivity contribution in [2.45, 2.75) is 6.42 Å². The number of rotatable bonds is 3. The Hall–Kier alpha value is -0.190. The number of Topliss-reactive ketones (excluding diaryl/α,β-unsaturated/α-hetero) is 1. The zero-order valence-corrected chi connectivity index (χ0v) is 9.02. The van der Waals surface area contributed by atoms with E-state index < -0.39 is 0 Å². The van der Waals surface area contributed by atoms with Crippen LogP contribution in [0, 0.1) is 0 Å². The summed E-state index contributed by atoms with van der Waals surface area (Å²) in [4.78, 5) is 12.2. The van der Waals surface area contributed by atoms with E-state index in [0.717, 1.165) is 9.07 Å². The molecular weight excluding hydrogens is 208 g/mol. The van der Waals surface area contributed by atoms with Crippen molar-refractivity contribution in [2.24, 2.45) is 0 Å². The lowest BCUT2D eigenvalue weighted by atomic mass is 10.3. The summed E-state index contributed by atoms with van der Waals surface area (Å²) < 4.78 is 0.758. The second-order valence-electron chi connectivity index (χ2n) is 2.15. The first-order chi connectivity index (χ1) is 5.74. The number of carbonyl (C=O) groups excluding carboxylic acids is 1. The normalized spacial score (nSPS) is 9.75. The highest BCUT2D eigenvalue weighted by molar-refractivity contribution is 8.22. The minimum Gasteiger partial charge on any atom is -0.293 e. The summed E-state index contributed by atoms with van der Waals surface area (Å²) in [7, 11) is 0. The van der Waals surface area contributed by atoms with E-state index in [4.69, 9.17) is 12.2 Å². The highest BCUT2D eigenvalue weighted by atomic mass is 32.2. The van der Waals surface area contributed by atoms with E-state index >= 15 is 0 Å². The first kappa shape index (κ1) is 9.89. The molecule has 0 N–H and O–H groups in total. The van der Waals surface area contributed by atoms with Gasteiger partial charge >= 0.3 is 0 Å². The van der Waals surface area contributed by atoms with Crippen molar-refractivity contribution < 1.29 is 4.79 Å². The second-order valence-corrected chi connectivity index (χ2v) is 4.75. The smallest absolute Gasteiger partial charge is 0.178 e. The molecule has 0 aliphatic carbocycles. The lowest BCUT2D eigenvalue weighted by Crippen LogP contribution is -2.00. The zero-order valence-electron chi connectivity index (χ0n) is 6.57. The van der Waals surface area contributed by atoms with Crippen LogP contribution in [0.2, 0.25) is 0 Å². The molecule has 0 saturated carbocycles. The Morgan fingerprint density at radius 1 is 1.75 bits per heavy atom. The van der Waals surface area contributed by atoms with Gasteiger partial charge in [-0.05, 0) is 17.7 Å². The van der Waals surface area contributed by atoms with Crippen LogP contribution in [0.4, 0.5) is 0 Å². The number of thioether (sulfide) groups is 1. The van der Waals surface area contributed by atoms with Crippen molar-refractivity contribution in [1.82, 2.24) is 0 Å². The summed E-state index contributed by atoms with van der Waals surface area (Å²) in [5, 5.41) is 1.90. The van der Waals surface area contributed by atoms with Crippen LogP contribution in [0.3, 0.4) is 0 Å². The van der Waals surface area contributed by atoms with Crippen LogP contribution >= 0.6 is 35.3 Å². The van der Waals surface area contributed by atoms with Gasteiger partial charge in [0.2, 0.25) is 0 Å². The first-order valence-corrected chi connectivity index (χ1v) is 5.89. The molecule has 0 radical (unpaired) electrons. The van der Waals surface area contributed by atoms with E-state index in [1.54, 1.807) is 0 Å². The minimum atomic E-state index is 0.129. The van der Waals surface area contributed by atoms with Gasteiger partial charge in [0.25, 0.3) is 0 Å². The number of ketones is 1. The lowest BCUT2D eigenvalue weighted by Gasteiger charge is -1.96. The second kappa shape index (κ2) is 4.74. The Morgan fingerprint density at radius 3 is 3.00 bits per heavy atom. The van der Waals surface area contributed by atoms with E-state index in [1.165, 1.54) is 23.1 Å². The molecule has 0 aliphatic rings. The molecular formula is C8H8OS3. The first-order valence-electron chi connectivity index (χ1n) is 3.37. The van der Waals surface area contributed by atoms with E-state index in [0.29, 0.717) is 6.42 Å². The molecule has 1 aromatic heterocycles. The molecule has 64 valence electrons. The largest absolute Gasteiger partial charge is 0.293 e. The van der Waals surface area contributed by atoms with E-state index in [1.807, 2.05) is 23.8 Å². The lowest BCUT2D eigenvalue weighted by molar-refractivity contribution is 0.101. The van der Waals surface area contributed by atoms with Gasteiger partial charge in [-0.3, -0.25) is 4.79 Å². The molecule has 0 spiro atoms. The number of thiophene rings is 1. The third-order valence-electron chi connectivity index (χ3n) is 1.33. The zero-order chi connectivity index (χ0) is 8.97. The standard InChI is InChI=1S/C8H8OS3/c1-11-8(10)5-6(9)7-3-2-4-12-7/h2-4H,5H2,1H3. The van der Waals surface area contributed by atoms with Crippen LogP contribution in [-0.2, 0) is 0 Å². The molecule has 0 atom stereocenters. The Labute approximate surface area is 85.2 Å². The third kappa shape index (κ3) is 2.69. The van der Waals surface area contributed by atoms with E-state index in [9.17, 15) is 4.79 Å². The summed E-state index contributed by atoms with van der Waals surface area (Å²) in [6, 6.07) is 3.70. The van der Waals surface area contributed by atoms with Crippen LogP contribution in [0.15, 0.2) is 17.5 Å². The molecule has 1 aromatic rings. The van der Waals surface area contributed by atoms with Gasteiger partial charge in [-0.15, -0.1) is 23.1 Å². The summed E-state index contributed by atoms with van der Waals surface area (Å²) >= 11 is 7.88. The number of hydrogen-bond acceptors (Lipinski definition) is 4. The maximum atomic E-state index is 11.4. The molecule has 4 heteroatoms. The van der Waals surface area contributed by atoms with Gasteiger partial charge in [0, 0.05) is 0 Å². The third-order valence-corrected chi connectivity index (χ3v) is 3.48. The SMILES string of the molecule is CSC(=S)CC(=O)c1cccs1. The van der Waals surface area contributed by atoms with Crippen LogP contribution < -0.4 is 0 Å². The van der Waals surface area contributed by atoms with Gasteiger partial charge in [-0.2, -0.15) is 0 Å². The van der Waals surface area contributed by atoms with Gasteiger partial charge in [0.05, 0.1) is 15.5 Å². The van der Waals surface area contributed by atoms with Crippen LogP contribution in [0.5, 0.6) is 0 Å². The molecule has 0 saturated heterocycles. The number of carbonyl (C=O) groups is 1. The summed E-state index contributed by atoms with van der Waals surface area (Å²) in [6.45, 7) is 0. The van der Waals surface area contributed by atoms with Crippen molar-refractivity contribution in [3.05, 3.63) is 22.4 Å². The van der Waals surface area contributed by atoms with E-state index in [-0.39, 0.29) is 5.78 Å². The Balaban J connectivity index is 2.56. The van der Waals surface area contributed by atoms with Crippen LogP contribution in [-0.4, -0.2) is 16.2 Å². The Kier molecular flexibility index (Phi) is 3.91. The predicted octanol–water partition coefficient (Wildman–Crippen LogP) is 3.01.